The summed E-state index contributed by atoms with van der Waals surface area (Å²) in [5, 5.41) is 4.96. The number of anilines is 2. The zero-order valence-electron chi connectivity index (χ0n) is 25.8. The molecule has 234 valence electrons. The first kappa shape index (κ1) is 32.1. The van der Waals surface area contributed by atoms with Gasteiger partial charge in [-0.05, 0) is 79.6 Å². The summed E-state index contributed by atoms with van der Waals surface area (Å²) in [7, 11) is 3.00. The number of carbonyl (C=O) groups excluding carboxylic acids is 4. The molecule has 0 aromatic heterocycles. The Bertz CT molecular complexity index is 1840. The SMILES string of the molecule is COc1cccc(/C=C(\NC(=O)c2ccccc2)C(=O)Nc2cccc(S[C@H]3CC(=O)N(c4ccc(C)c(C)c4)C3=O)c2)c1OC. The van der Waals surface area contributed by atoms with Crippen LogP contribution >= 0.6 is 11.8 Å². The van der Waals surface area contributed by atoms with Crippen LogP contribution in [0.3, 0.4) is 0 Å². The highest BCUT2D eigenvalue weighted by Gasteiger charge is 2.40. The number of benzene rings is 4. The third kappa shape index (κ3) is 7.13. The largest absolute Gasteiger partial charge is 0.493 e. The van der Waals surface area contributed by atoms with Crippen LogP contribution in [-0.2, 0) is 14.4 Å². The van der Waals surface area contributed by atoms with Crippen LogP contribution in [0.4, 0.5) is 11.4 Å². The molecule has 1 heterocycles. The summed E-state index contributed by atoms with van der Waals surface area (Å²) in [5.41, 5.74) is 3.94. The summed E-state index contributed by atoms with van der Waals surface area (Å²) in [6.45, 7) is 3.92. The fraction of sp³-hybridized carbons (Fsp3) is 0.167. The monoisotopic (exact) mass is 635 g/mol. The fourth-order valence-corrected chi connectivity index (χ4v) is 6.08. The van der Waals surface area contributed by atoms with E-state index < -0.39 is 17.1 Å². The lowest BCUT2D eigenvalue weighted by atomic mass is 10.1. The second-order valence-electron chi connectivity index (χ2n) is 10.6. The van der Waals surface area contributed by atoms with E-state index >= 15 is 0 Å². The van der Waals surface area contributed by atoms with Crippen LogP contribution in [0.2, 0.25) is 0 Å². The van der Waals surface area contributed by atoms with Crippen LogP contribution in [0.15, 0.2) is 102 Å². The number of nitrogens with one attached hydrogen (secondary N) is 2. The molecule has 2 N–H and O–H groups in total. The highest BCUT2D eigenvalue weighted by molar-refractivity contribution is 8.00. The Morgan fingerprint density at radius 2 is 1.63 bits per heavy atom. The molecular formula is C36H33N3O6S. The highest BCUT2D eigenvalue weighted by atomic mass is 32.2. The van der Waals surface area contributed by atoms with E-state index in [0.717, 1.165) is 11.1 Å². The van der Waals surface area contributed by atoms with Gasteiger partial charge in [0.15, 0.2) is 11.5 Å². The van der Waals surface area contributed by atoms with E-state index in [2.05, 4.69) is 10.6 Å². The van der Waals surface area contributed by atoms with Gasteiger partial charge in [0.05, 0.1) is 25.2 Å². The second kappa shape index (κ2) is 14.2. The first-order valence-corrected chi connectivity index (χ1v) is 15.4. The van der Waals surface area contributed by atoms with Gasteiger partial charge >= 0.3 is 0 Å². The van der Waals surface area contributed by atoms with Crippen LogP contribution in [-0.4, -0.2) is 43.1 Å². The summed E-state index contributed by atoms with van der Waals surface area (Å²) in [6.07, 6.45) is 1.58. The summed E-state index contributed by atoms with van der Waals surface area (Å²) >= 11 is 1.26. The predicted octanol–water partition coefficient (Wildman–Crippen LogP) is 6.15. The molecule has 4 amide bonds. The lowest BCUT2D eigenvalue weighted by molar-refractivity contribution is -0.121. The van der Waals surface area contributed by atoms with Gasteiger partial charge in [0.1, 0.15) is 5.70 Å². The second-order valence-corrected chi connectivity index (χ2v) is 11.9. The number of amides is 4. The number of hydrogen-bond acceptors (Lipinski definition) is 7. The Balaban J connectivity index is 1.37. The number of carbonyl (C=O) groups is 4. The Kier molecular flexibility index (Phi) is 9.88. The average molecular weight is 636 g/mol. The molecule has 1 saturated heterocycles. The highest BCUT2D eigenvalue weighted by Crippen LogP contribution is 2.36. The number of para-hydroxylation sites is 1. The van der Waals surface area contributed by atoms with Crippen molar-refractivity contribution < 1.29 is 28.7 Å². The van der Waals surface area contributed by atoms with E-state index in [4.69, 9.17) is 9.47 Å². The number of methoxy groups -OCH3 is 2. The number of thioether (sulfide) groups is 1. The molecule has 0 unspecified atom stereocenters. The maximum absolute atomic E-state index is 13.7. The molecule has 1 fully saturated rings. The molecule has 4 aromatic rings. The Hall–Kier alpha value is -5.35. The van der Waals surface area contributed by atoms with Gasteiger partial charge in [-0.25, -0.2) is 4.90 Å². The first-order valence-electron chi connectivity index (χ1n) is 14.5. The lowest BCUT2D eigenvalue weighted by Crippen LogP contribution is -2.31. The van der Waals surface area contributed by atoms with Crippen LogP contribution in [0.25, 0.3) is 6.08 Å². The van der Waals surface area contributed by atoms with Crippen molar-refractivity contribution in [3.05, 3.63) is 119 Å². The predicted molar refractivity (Wildman–Crippen MR) is 179 cm³/mol. The van der Waals surface area contributed by atoms with Gasteiger partial charge in [0, 0.05) is 28.1 Å². The third-order valence-corrected chi connectivity index (χ3v) is 8.67. The Morgan fingerprint density at radius 3 is 2.35 bits per heavy atom. The molecule has 1 aliphatic heterocycles. The van der Waals surface area contributed by atoms with Crippen LogP contribution in [0.1, 0.15) is 33.5 Å². The Labute approximate surface area is 271 Å². The molecule has 4 aromatic carbocycles. The lowest BCUT2D eigenvalue weighted by Gasteiger charge is -2.16. The number of hydrogen-bond donors (Lipinski definition) is 2. The van der Waals surface area contributed by atoms with Gasteiger partial charge in [0.25, 0.3) is 11.8 Å². The average Bonchev–Trinajstić information content (AvgIpc) is 3.33. The summed E-state index contributed by atoms with van der Waals surface area (Å²) < 4.78 is 10.9. The molecular weight excluding hydrogens is 602 g/mol. The van der Waals surface area contributed by atoms with E-state index in [9.17, 15) is 19.2 Å². The zero-order chi connectivity index (χ0) is 32.8. The summed E-state index contributed by atoms with van der Waals surface area (Å²) in [5.74, 6) is -0.726. The van der Waals surface area contributed by atoms with Crippen molar-refractivity contribution in [2.75, 3.05) is 24.4 Å². The molecule has 0 radical (unpaired) electrons. The van der Waals surface area contributed by atoms with Crippen molar-refractivity contribution >= 4 is 52.8 Å². The molecule has 0 spiro atoms. The molecule has 46 heavy (non-hydrogen) atoms. The zero-order valence-corrected chi connectivity index (χ0v) is 26.6. The van der Waals surface area contributed by atoms with Gasteiger partial charge in [-0.15, -0.1) is 11.8 Å². The van der Waals surface area contributed by atoms with Gasteiger partial charge in [0.2, 0.25) is 11.8 Å². The van der Waals surface area contributed by atoms with Gasteiger partial charge in [-0.2, -0.15) is 0 Å². The molecule has 1 aliphatic rings. The summed E-state index contributed by atoms with van der Waals surface area (Å²) in [4.78, 5) is 54.9. The van der Waals surface area contributed by atoms with Crippen LogP contribution in [0.5, 0.6) is 11.5 Å². The maximum atomic E-state index is 13.7. The molecule has 5 rings (SSSR count). The summed E-state index contributed by atoms with van der Waals surface area (Å²) in [6, 6.07) is 26.3. The molecule has 0 bridgehead atoms. The first-order chi connectivity index (χ1) is 22.2. The van der Waals surface area contributed by atoms with Gasteiger partial charge in [-0.1, -0.05) is 42.5 Å². The molecule has 10 heteroatoms. The number of rotatable bonds is 10. The smallest absolute Gasteiger partial charge is 0.272 e. The van der Waals surface area contributed by atoms with Crippen molar-refractivity contribution in [1.29, 1.82) is 0 Å². The fourth-order valence-electron chi connectivity index (χ4n) is 4.97. The van der Waals surface area contributed by atoms with Crippen molar-refractivity contribution in [2.24, 2.45) is 0 Å². The number of ether oxygens (including phenoxy) is 2. The van der Waals surface area contributed by atoms with Crippen LogP contribution in [0, 0.1) is 13.8 Å². The van der Waals surface area contributed by atoms with Crippen molar-refractivity contribution in [2.45, 2.75) is 30.4 Å². The number of aryl methyl sites for hydroxylation is 2. The third-order valence-electron chi connectivity index (χ3n) is 7.49. The molecule has 1 atom stereocenters. The van der Waals surface area contributed by atoms with Gasteiger partial charge < -0.3 is 20.1 Å². The van der Waals surface area contributed by atoms with E-state index in [1.54, 1.807) is 72.8 Å². The van der Waals surface area contributed by atoms with E-state index in [1.807, 2.05) is 32.0 Å². The minimum atomic E-state index is -0.610. The normalized spacial score (nSPS) is 14.7. The van der Waals surface area contributed by atoms with E-state index in [-0.39, 0.29) is 23.9 Å². The van der Waals surface area contributed by atoms with Crippen molar-refractivity contribution in [3.8, 4) is 11.5 Å². The van der Waals surface area contributed by atoms with Crippen molar-refractivity contribution in [1.82, 2.24) is 5.32 Å². The van der Waals surface area contributed by atoms with E-state index in [0.29, 0.717) is 38.9 Å². The minimum absolute atomic E-state index is 0.0286. The topological polar surface area (TPSA) is 114 Å². The minimum Gasteiger partial charge on any atom is -0.493 e. The maximum Gasteiger partial charge on any atom is 0.272 e. The number of nitrogens with zero attached hydrogens (tertiary/aromatic N) is 1. The quantitative estimate of drug-likeness (QED) is 0.159. The van der Waals surface area contributed by atoms with Crippen molar-refractivity contribution in [3.63, 3.8) is 0 Å². The molecule has 0 aliphatic carbocycles. The van der Waals surface area contributed by atoms with E-state index in [1.165, 1.54) is 37.0 Å². The Morgan fingerprint density at radius 1 is 0.870 bits per heavy atom. The number of imide groups is 1. The molecule has 0 saturated carbocycles. The molecule has 9 nitrogen and oxygen atoms in total. The van der Waals surface area contributed by atoms with Crippen LogP contribution < -0.4 is 25.0 Å². The standard InChI is InChI=1S/C36H33N3O6S/c1-22-16-17-27(18-23(22)2)39-32(40)21-31(36(39)43)46-28-14-9-13-26(20-28)37-35(42)29(38-34(41)24-10-6-5-7-11-24)19-25-12-8-15-30(44-3)33(25)45-4/h5-20,31H,21H2,1-4H3,(H,37,42)(H,38,41)/b29-19-/t31-/m0/s1. The van der Waals surface area contributed by atoms with Gasteiger partial charge in [-0.3, -0.25) is 19.2 Å².